The smallest absolute Gasteiger partial charge is 0.364 e. The second kappa shape index (κ2) is 5.41. The van der Waals surface area contributed by atoms with E-state index in [-0.39, 0.29) is 12.3 Å². The van der Waals surface area contributed by atoms with Gasteiger partial charge >= 0.3 is 11.9 Å². The topological polar surface area (TPSA) is 63.6 Å². The number of hydrogen-bond acceptors (Lipinski definition) is 3. The lowest BCUT2D eigenvalue weighted by atomic mass is 10.1. The molecule has 0 aromatic rings. The highest BCUT2D eigenvalue weighted by Crippen LogP contribution is 2.27. The van der Waals surface area contributed by atoms with E-state index in [0.29, 0.717) is 0 Å². The van der Waals surface area contributed by atoms with Crippen LogP contribution >= 0.6 is 23.2 Å². The van der Waals surface area contributed by atoms with E-state index in [0.717, 1.165) is 0 Å². The van der Waals surface area contributed by atoms with E-state index < -0.39 is 22.9 Å². The molecular weight excluding hydrogens is 231 g/mol. The summed E-state index contributed by atoms with van der Waals surface area (Å²) < 4.78 is 4.64. The number of alkyl halides is 2. The number of carbonyl (C=O) groups is 2. The van der Waals surface area contributed by atoms with Gasteiger partial charge in [0.15, 0.2) is 0 Å². The zero-order chi connectivity index (χ0) is 11.4. The standard InChI is InChI=1S/C8H12Cl2O4/c1-5(2)8(10,7(12)13)14-6(11)3-4-9/h5H,3-4H2,1-2H3,(H,12,13). The Bertz CT molecular complexity index is 229. The first-order valence-electron chi connectivity index (χ1n) is 4.04. The molecule has 82 valence electrons. The molecule has 0 bridgehead atoms. The average molecular weight is 243 g/mol. The fourth-order valence-electron chi connectivity index (χ4n) is 0.702. The first-order chi connectivity index (χ1) is 6.34. The van der Waals surface area contributed by atoms with Gasteiger partial charge in [-0.3, -0.25) is 4.79 Å². The van der Waals surface area contributed by atoms with Gasteiger partial charge in [-0.1, -0.05) is 25.4 Å². The van der Waals surface area contributed by atoms with Crippen LogP contribution in [0.3, 0.4) is 0 Å². The van der Waals surface area contributed by atoms with Crippen molar-refractivity contribution >= 4 is 35.1 Å². The molecule has 1 N–H and O–H groups in total. The molecule has 4 nitrogen and oxygen atoms in total. The molecule has 0 aromatic carbocycles. The molecule has 1 unspecified atom stereocenters. The van der Waals surface area contributed by atoms with Crippen LogP contribution < -0.4 is 0 Å². The highest BCUT2D eigenvalue weighted by atomic mass is 35.5. The second-order valence-corrected chi connectivity index (χ2v) is 3.96. The number of carboxylic acids is 1. The van der Waals surface area contributed by atoms with Crippen LogP contribution in [0, 0.1) is 5.92 Å². The van der Waals surface area contributed by atoms with Crippen molar-refractivity contribution in [3.05, 3.63) is 0 Å². The molecule has 0 aromatic heterocycles. The van der Waals surface area contributed by atoms with Crippen molar-refractivity contribution in [3.8, 4) is 0 Å². The molecule has 0 aliphatic carbocycles. The van der Waals surface area contributed by atoms with Crippen LogP contribution in [0.5, 0.6) is 0 Å². The third-order valence-corrected chi connectivity index (χ3v) is 2.46. The lowest BCUT2D eigenvalue weighted by Crippen LogP contribution is -2.42. The van der Waals surface area contributed by atoms with Gasteiger partial charge in [-0.25, -0.2) is 4.79 Å². The number of halogens is 2. The summed E-state index contributed by atoms with van der Waals surface area (Å²) >= 11 is 10.9. The minimum atomic E-state index is -2.00. The number of ether oxygens (including phenoxy) is 1. The third-order valence-electron chi connectivity index (χ3n) is 1.60. The third kappa shape index (κ3) is 3.35. The summed E-state index contributed by atoms with van der Waals surface area (Å²) in [5.74, 6) is -2.55. The monoisotopic (exact) mass is 242 g/mol. The quantitative estimate of drug-likeness (QED) is 0.591. The number of hydrogen-bond donors (Lipinski definition) is 1. The van der Waals surface area contributed by atoms with E-state index in [9.17, 15) is 9.59 Å². The van der Waals surface area contributed by atoms with Gasteiger partial charge in [0.05, 0.1) is 6.42 Å². The zero-order valence-corrected chi connectivity index (χ0v) is 9.43. The van der Waals surface area contributed by atoms with E-state index in [1.54, 1.807) is 13.8 Å². The Kier molecular flexibility index (Phi) is 5.23. The predicted octanol–water partition coefficient (Wildman–Crippen LogP) is 1.83. The van der Waals surface area contributed by atoms with Crippen molar-refractivity contribution in [3.63, 3.8) is 0 Å². The number of esters is 1. The first-order valence-corrected chi connectivity index (χ1v) is 4.96. The largest absolute Gasteiger partial charge is 0.477 e. The van der Waals surface area contributed by atoms with Crippen molar-refractivity contribution in [2.75, 3.05) is 5.88 Å². The Labute approximate surface area is 92.1 Å². The molecule has 0 saturated heterocycles. The number of carbonyl (C=O) groups excluding carboxylic acids is 1. The van der Waals surface area contributed by atoms with E-state index >= 15 is 0 Å². The molecule has 14 heavy (non-hydrogen) atoms. The van der Waals surface area contributed by atoms with Crippen molar-refractivity contribution in [1.29, 1.82) is 0 Å². The Hall–Kier alpha value is -0.480. The maximum Gasteiger partial charge on any atom is 0.364 e. The zero-order valence-electron chi connectivity index (χ0n) is 7.92. The van der Waals surface area contributed by atoms with Gasteiger partial charge in [-0.2, -0.15) is 0 Å². The summed E-state index contributed by atoms with van der Waals surface area (Å²) in [4.78, 5) is 21.8. The summed E-state index contributed by atoms with van der Waals surface area (Å²) in [7, 11) is 0. The molecule has 0 saturated carbocycles. The Morgan fingerprint density at radius 1 is 1.50 bits per heavy atom. The van der Waals surface area contributed by atoms with Crippen LogP contribution in [-0.2, 0) is 14.3 Å². The van der Waals surface area contributed by atoms with Gasteiger partial charge in [-0.15, -0.1) is 11.6 Å². The maximum atomic E-state index is 11.0. The molecule has 1 atom stereocenters. The molecule has 0 aliphatic heterocycles. The summed E-state index contributed by atoms with van der Waals surface area (Å²) in [6.07, 6.45) is -0.0595. The van der Waals surface area contributed by atoms with Crippen LogP contribution in [0.1, 0.15) is 20.3 Å². The van der Waals surface area contributed by atoms with Crippen molar-refractivity contribution < 1.29 is 19.4 Å². The molecular formula is C8H12Cl2O4. The van der Waals surface area contributed by atoms with E-state index in [4.69, 9.17) is 28.3 Å². The average Bonchev–Trinajstić information content (AvgIpc) is 2.03. The van der Waals surface area contributed by atoms with Crippen molar-refractivity contribution in [2.24, 2.45) is 5.92 Å². The molecule has 0 fully saturated rings. The lowest BCUT2D eigenvalue weighted by Gasteiger charge is -2.25. The van der Waals surface area contributed by atoms with Gasteiger partial charge in [-0.05, 0) is 0 Å². The van der Waals surface area contributed by atoms with Gasteiger partial charge < -0.3 is 9.84 Å². The maximum absolute atomic E-state index is 11.0. The predicted molar refractivity (Wildman–Crippen MR) is 52.5 cm³/mol. The van der Waals surface area contributed by atoms with Gasteiger partial charge in [0.2, 0.25) is 0 Å². The number of rotatable bonds is 5. The molecule has 6 heteroatoms. The van der Waals surface area contributed by atoms with E-state index in [2.05, 4.69) is 4.74 Å². The first kappa shape index (κ1) is 13.5. The highest BCUT2D eigenvalue weighted by Gasteiger charge is 2.43. The van der Waals surface area contributed by atoms with Crippen molar-refractivity contribution in [1.82, 2.24) is 0 Å². The fraction of sp³-hybridized carbons (Fsp3) is 0.750. The van der Waals surface area contributed by atoms with E-state index in [1.807, 2.05) is 0 Å². The van der Waals surface area contributed by atoms with Gasteiger partial charge in [0, 0.05) is 11.8 Å². The number of carboxylic acid groups (broad SMARTS) is 1. The Balaban J connectivity index is 4.54. The summed E-state index contributed by atoms with van der Waals surface area (Å²) in [6.45, 7) is 3.10. The Morgan fingerprint density at radius 2 is 2.00 bits per heavy atom. The molecule has 0 spiro atoms. The highest BCUT2D eigenvalue weighted by molar-refractivity contribution is 6.33. The van der Waals surface area contributed by atoms with Crippen LogP contribution in [0.4, 0.5) is 0 Å². The SMILES string of the molecule is CC(C)C(Cl)(OC(=O)CCCl)C(=O)O. The summed E-state index contributed by atoms with van der Waals surface area (Å²) in [6, 6.07) is 0. The minimum absolute atomic E-state index is 0.0595. The van der Waals surface area contributed by atoms with Crippen LogP contribution in [0.15, 0.2) is 0 Å². The molecule has 0 amide bonds. The molecule has 0 radical (unpaired) electrons. The van der Waals surface area contributed by atoms with E-state index in [1.165, 1.54) is 0 Å². The summed E-state index contributed by atoms with van der Waals surface area (Å²) in [5.41, 5.74) is 0. The van der Waals surface area contributed by atoms with Gasteiger partial charge in [0.25, 0.3) is 5.06 Å². The lowest BCUT2D eigenvalue weighted by molar-refractivity contribution is -0.172. The van der Waals surface area contributed by atoms with Crippen LogP contribution in [-0.4, -0.2) is 28.0 Å². The normalized spacial score (nSPS) is 14.9. The molecule has 0 aliphatic rings. The Morgan fingerprint density at radius 3 is 2.29 bits per heavy atom. The molecule has 0 heterocycles. The second-order valence-electron chi connectivity index (χ2n) is 3.02. The minimum Gasteiger partial charge on any atom is -0.477 e. The summed E-state index contributed by atoms with van der Waals surface area (Å²) in [5, 5.41) is 6.78. The van der Waals surface area contributed by atoms with Gasteiger partial charge in [0.1, 0.15) is 0 Å². The molecule has 0 rings (SSSR count). The van der Waals surface area contributed by atoms with Crippen LogP contribution in [0.2, 0.25) is 0 Å². The number of aliphatic carboxylic acids is 1. The van der Waals surface area contributed by atoms with Crippen molar-refractivity contribution in [2.45, 2.75) is 25.3 Å². The van der Waals surface area contributed by atoms with Crippen LogP contribution in [0.25, 0.3) is 0 Å². The fourth-order valence-corrected chi connectivity index (χ4v) is 0.943.